The van der Waals surface area contributed by atoms with Crippen molar-refractivity contribution >= 4 is 17.2 Å². The Morgan fingerprint density at radius 3 is 2.94 bits per heavy atom. The van der Waals surface area contributed by atoms with Crippen LogP contribution in [0.25, 0.3) is 17.0 Å². The number of aryl methyl sites for hydroxylation is 1. The molecule has 0 aliphatic heterocycles. The summed E-state index contributed by atoms with van der Waals surface area (Å²) in [5.41, 5.74) is 3.63. The summed E-state index contributed by atoms with van der Waals surface area (Å²) in [5, 5.41) is 15.5. The summed E-state index contributed by atoms with van der Waals surface area (Å²) in [5.74, 6) is -4.10. The van der Waals surface area contributed by atoms with Gasteiger partial charge >= 0.3 is 0 Å². The number of pyridine rings is 1. The van der Waals surface area contributed by atoms with Gasteiger partial charge in [0.2, 0.25) is 11.7 Å². The third kappa shape index (κ3) is 4.27. The van der Waals surface area contributed by atoms with Crippen LogP contribution in [0.4, 0.5) is 14.5 Å². The molecule has 4 aromatic rings. The highest BCUT2D eigenvalue weighted by atomic mass is 19.3. The zero-order valence-corrected chi connectivity index (χ0v) is 18.2. The van der Waals surface area contributed by atoms with E-state index in [1.165, 1.54) is 6.20 Å². The zero-order chi connectivity index (χ0) is 23.9. The number of aliphatic hydroxyl groups excluding tert-OH is 1. The Hall–Kier alpha value is -3.70. The van der Waals surface area contributed by atoms with Crippen molar-refractivity contribution in [2.24, 2.45) is 0 Å². The largest absolute Gasteiger partial charge is 0.394 e. The van der Waals surface area contributed by atoms with Crippen molar-refractivity contribution in [3.8, 4) is 11.4 Å². The van der Waals surface area contributed by atoms with Gasteiger partial charge in [-0.15, -0.1) is 0 Å². The first kappa shape index (κ1) is 22.1. The highest BCUT2D eigenvalue weighted by molar-refractivity contribution is 6.04. The normalized spacial score (nSPS) is 16.6. The molecule has 1 fully saturated rings. The van der Waals surface area contributed by atoms with Gasteiger partial charge in [0.15, 0.2) is 0 Å². The Morgan fingerprint density at radius 1 is 1.35 bits per heavy atom. The third-order valence-corrected chi connectivity index (χ3v) is 5.62. The molecule has 1 saturated carbocycles. The number of alkyl halides is 2. The average molecular weight is 469 g/mol. The van der Waals surface area contributed by atoms with Gasteiger partial charge in [0.25, 0.3) is 11.8 Å². The Morgan fingerprint density at radius 2 is 2.18 bits per heavy atom. The number of aliphatic hydroxyl groups is 1. The lowest BCUT2D eigenvalue weighted by Gasteiger charge is -2.10. The summed E-state index contributed by atoms with van der Waals surface area (Å²) in [6.45, 7) is 2.34. The summed E-state index contributed by atoms with van der Waals surface area (Å²) in [6.07, 6.45) is 2.91. The number of amides is 1. The van der Waals surface area contributed by atoms with Crippen molar-refractivity contribution in [3.63, 3.8) is 0 Å². The molecule has 1 aliphatic carbocycles. The Bertz CT molecular complexity index is 1370. The van der Waals surface area contributed by atoms with Gasteiger partial charge in [0.1, 0.15) is 17.3 Å². The van der Waals surface area contributed by atoms with Crippen molar-refractivity contribution in [2.45, 2.75) is 31.8 Å². The van der Waals surface area contributed by atoms with E-state index in [1.807, 2.05) is 13.0 Å². The number of rotatable bonds is 8. The number of hydrogen-bond donors (Lipinski definition) is 2. The number of carbonyl (C=O) groups is 1. The molecule has 1 aliphatic rings. The minimum atomic E-state index is -2.79. The number of imidazole rings is 1. The number of anilines is 1. The second-order valence-electron chi connectivity index (χ2n) is 8.14. The summed E-state index contributed by atoms with van der Waals surface area (Å²) in [7, 11) is 0. The van der Waals surface area contributed by atoms with E-state index < -0.39 is 11.8 Å². The van der Waals surface area contributed by atoms with Crippen molar-refractivity contribution < 1.29 is 27.9 Å². The number of hydrogen-bond acceptors (Lipinski definition) is 7. The minimum Gasteiger partial charge on any atom is -0.394 e. The molecule has 1 aromatic carbocycles. The van der Waals surface area contributed by atoms with E-state index in [9.17, 15) is 13.6 Å². The van der Waals surface area contributed by atoms with Gasteiger partial charge in [-0.25, -0.2) is 13.8 Å². The summed E-state index contributed by atoms with van der Waals surface area (Å²) in [4.78, 5) is 21.4. The van der Waals surface area contributed by atoms with Crippen LogP contribution in [0.15, 0.2) is 47.2 Å². The molecule has 5 rings (SSSR count). The molecule has 34 heavy (non-hydrogen) atoms. The fourth-order valence-corrected chi connectivity index (χ4v) is 3.59. The van der Waals surface area contributed by atoms with E-state index in [-0.39, 0.29) is 37.3 Å². The molecule has 1 amide bonds. The van der Waals surface area contributed by atoms with Crippen LogP contribution in [-0.2, 0) is 11.3 Å². The number of nitrogens with zero attached hydrogens (tertiary/aromatic N) is 4. The van der Waals surface area contributed by atoms with E-state index in [4.69, 9.17) is 14.4 Å². The molecule has 3 heterocycles. The second-order valence-corrected chi connectivity index (χ2v) is 8.14. The van der Waals surface area contributed by atoms with Crippen molar-refractivity contribution in [1.82, 2.24) is 19.5 Å². The maximum absolute atomic E-state index is 13.3. The number of aromatic nitrogens is 4. The molecular formula is C23H21F2N5O4. The monoisotopic (exact) mass is 469 g/mol. The molecule has 0 spiro atoms. The van der Waals surface area contributed by atoms with Crippen LogP contribution in [0.5, 0.6) is 0 Å². The lowest BCUT2D eigenvalue weighted by atomic mass is 10.1. The van der Waals surface area contributed by atoms with Crippen LogP contribution in [0.3, 0.4) is 0 Å². The predicted molar refractivity (Wildman–Crippen MR) is 117 cm³/mol. The van der Waals surface area contributed by atoms with E-state index in [0.29, 0.717) is 29.2 Å². The number of halogens is 2. The molecular weight excluding hydrogens is 448 g/mol. The zero-order valence-electron chi connectivity index (χ0n) is 18.2. The summed E-state index contributed by atoms with van der Waals surface area (Å²) in [6, 6.07) is 8.80. The Kier molecular flexibility index (Phi) is 5.58. The van der Waals surface area contributed by atoms with Gasteiger partial charge in [-0.05, 0) is 36.2 Å². The van der Waals surface area contributed by atoms with Crippen molar-refractivity contribution in [1.29, 1.82) is 0 Å². The van der Waals surface area contributed by atoms with Crippen LogP contribution in [0.2, 0.25) is 0 Å². The van der Waals surface area contributed by atoms with Crippen molar-refractivity contribution in [2.75, 3.05) is 18.5 Å². The first-order chi connectivity index (χ1) is 16.4. The van der Waals surface area contributed by atoms with Crippen LogP contribution < -0.4 is 5.32 Å². The Balaban J connectivity index is 1.34. The van der Waals surface area contributed by atoms with E-state index in [2.05, 4.69) is 20.4 Å². The lowest BCUT2D eigenvalue weighted by molar-refractivity contribution is 0.0815. The fourth-order valence-electron chi connectivity index (χ4n) is 3.59. The maximum atomic E-state index is 13.3. The topological polar surface area (TPSA) is 115 Å². The maximum Gasteiger partial charge on any atom is 0.274 e. The lowest BCUT2D eigenvalue weighted by Crippen LogP contribution is -2.15. The van der Waals surface area contributed by atoms with Crippen LogP contribution in [0.1, 0.15) is 39.8 Å². The SMILES string of the molecule is Cc1ccc(-c2noc([C@@H]3CC3(F)F)n2)cc1NC(=O)c1cnc2cc(COCCO)ccn12. The molecule has 3 aromatic heterocycles. The molecule has 0 radical (unpaired) electrons. The van der Waals surface area contributed by atoms with E-state index >= 15 is 0 Å². The van der Waals surface area contributed by atoms with Gasteiger partial charge in [-0.3, -0.25) is 9.20 Å². The number of fused-ring (bicyclic) bond motifs is 1. The van der Waals surface area contributed by atoms with Gasteiger partial charge in [-0.2, -0.15) is 4.98 Å². The number of carbonyl (C=O) groups excluding carboxylic acids is 1. The van der Waals surface area contributed by atoms with Crippen LogP contribution >= 0.6 is 0 Å². The van der Waals surface area contributed by atoms with Crippen LogP contribution in [-0.4, -0.2) is 49.7 Å². The number of benzene rings is 1. The third-order valence-electron chi connectivity index (χ3n) is 5.62. The van der Waals surface area contributed by atoms with Gasteiger partial charge in [-0.1, -0.05) is 17.3 Å². The highest BCUT2D eigenvalue weighted by Crippen LogP contribution is 2.55. The first-order valence-electron chi connectivity index (χ1n) is 10.6. The molecule has 2 N–H and O–H groups in total. The smallest absolute Gasteiger partial charge is 0.274 e. The molecule has 0 saturated heterocycles. The molecule has 1 atom stereocenters. The molecule has 0 bridgehead atoms. The molecule has 176 valence electrons. The number of nitrogens with one attached hydrogen (secondary N) is 1. The summed E-state index contributed by atoms with van der Waals surface area (Å²) >= 11 is 0. The van der Waals surface area contributed by atoms with E-state index in [0.717, 1.165) is 11.1 Å². The molecule has 9 nitrogen and oxygen atoms in total. The quantitative estimate of drug-likeness (QED) is 0.379. The average Bonchev–Trinajstić information content (AvgIpc) is 3.17. The molecule has 11 heteroatoms. The van der Waals surface area contributed by atoms with Crippen LogP contribution in [0, 0.1) is 6.92 Å². The molecule has 0 unspecified atom stereocenters. The van der Waals surface area contributed by atoms with Crippen molar-refractivity contribution in [3.05, 3.63) is 65.4 Å². The first-order valence-corrected chi connectivity index (χ1v) is 10.6. The fraction of sp³-hybridized carbons (Fsp3) is 0.304. The standard InChI is InChI=1S/C23H21F2N5O4/c1-13-2-3-15(20-28-22(34-29-20)16-10-23(16,24)25)9-17(13)27-21(32)18-11-26-19-8-14(4-5-30(18)19)12-33-7-6-31/h2-5,8-9,11,16,31H,6-7,10,12H2,1H3,(H,27,32)/t16-/m0/s1. The Labute approximate surface area is 192 Å². The van der Waals surface area contributed by atoms with Gasteiger partial charge in [0.05, 0.1) is 26.0 Å². The summed E-state index contributed by atoms with van der Waals surface area (Å²) < 4.78 is 38.6. The highest BCUT2D eigenvalue weighted by Gasteiger charge is 2.61. The van der Waals surface area contributed by atoms with Gasteiger partial charge in [0, 0.05) is 23.9 Å². The predicted octanol–water partition coefficient (Wildman–Crippen LogP) is 3.58. The van der Waals surface area contributed by atoms with Gasteiger partial charge < -0.3 is 19.7 Å². The number of ether oxygens (including phenoxy) is 1. The minimum absolute atomic E-state index is 0.0547. The van der Waals surface area contributed by atoms with E-state index in [1.54, 1.807) is 34.9 Å². The second kappa shape index (κ2) is 8.58.